The Hall–Kier alpha value is -2.25. The molecule has 0 unspecified atom stereocenters. The van der Waals surface area contributed by atoms with Crippen LogP contribution in [0.3, 0.4) is 0 Å². The molecular weight excluding hydrogens is 348 g/mol. The minimum Gasteiger partial charge on any atom is -0.330 e. The molecule has 3 aromatic rings. The summed E-state index contributed by atoms with van der Waals surface area (Å²) in [6.07, 6.45) is 2.57. The van der Waals surface area contributed by atoms with Crippen LogP contribution in [0, 0.1) is 10.1 Å². The number of halogens is 1. The SMILES string of the molecule is NCCc1nc2ccc(Br)cn2c1-c1ccc([N+](=O)[O-])cc1. The van der Waals surface area contributed by atoms with Crippen LogP contribution in [0.4, 0.5) is 5.69 Å². The molecule has 0 radical (unpaired) electrons. The molecule has 112 valence electrons. The molecule has 0 saturated heterocycles. The average molecular weight is 361 g/mol. The van der Waals surface area contributed by atoms with Gasteiger partial charge in [0.25, 0.3) is 5.69 Å². The van der Waals surface area contributed by atoms with E-state index in [9.17, 15) is 10.1 Å². The summed E-state index contributed by atoms with van der Waals surface area (Å²) in [5.41, 5.74) is 9.24. The van der Waals surface area contributed by atoms with E-state index >= 15 is 0 Å². The summed E-state index contributed by atoms with van der Waals surface area (Å²) in [7, 11) is 0. The second-order valence-electron chi connectivity index (χ2n) is 4.83. The Morgan fingerprint density at radius 1 is 1.23 bits per heavy atom. The van der Waals surface area contributed by atoms with Crippen molar-refractivity contribution in [3.63, 3.8) is 0 Å². The van der Waals surface area contributed by atoms with Crippen molar-refractivity contribution in [2.24, 2.45) is 5.73 Å². The lowest BCUT2D eigenvalue weighted by molar-refractivity contribution is -0.384. The molecule has 0 atom stereocenters. The molecule has 7 heteroatoms. The number of nitro benzene ring substituents is 1. The molecule has 0 amide bonds. The van der Waals surface area contributed by atoms with Crippen LogP contribution in [-0.2, 0) is 6.42 Å². The first-order chi connectivity index (χ1) is 10.6. The van der Waals surface area contributed by atoms with Gasteiger partial charge in [-0.2, -0.15) is 0 Å². The van der Waals surface area contributed by atoms with Crippen molar-refractivity contribution in [3.05, 3.63) is 62.9 Å². The second-order valence-corrected chi connectivity index (χ2v) is 5.74. The van der Waals surface area contributed by atoms with Crippen molar-refractivity contribution < 1.29 is 4.92 Å². The Morgan fingerprint density at radius 3 is 2.59 bits per heavy atom. The fraction of sp³-hybridized carbons (Fsp3) is 0.133. The third-order valence-electron chi connectivity index (χ3n) is 3.39. The summed E-state index contributed by atoms with van der Waals surface area (Å²) >= 11 is 3.46. The molecule has 3 rings (SSSR count). The number of nitrogens with zero attached hydrogens (tertiary/aromatic N) is 3. The van der Waals surface area contributed by atoms with Gasteiger partial charge in [0.15, 0.2) is 0 Å². The van der Waals surface area contributed by atoms with Gasteiger partial charge in [-0.1, -0.05) is 0 Å². The van der Waals surface area contributed by atoms with E-state index in [2.05, 4.69) is 20.9 Å². The summed E-state index contributed by atoms with van der Waals surface area (Å²) in [4.78, 5) is 15.0. The van der Waals surface area contributed by atoms with E-state index < -0.39 is 4.92 Å². The van der Waals surface area contributed by atoms with E-state index in [0.717, 1.165) is 27.1 Å². The molecule has 0 aliphatic carbocycles. The Morgan fingerprint density at radius 2 is 1.95 bits per heavy atom. The average Bonchev–Trinajstić information content (AvgIpc) is 2.85. The lowest BCUT2D eigenvalue weighted by Gasteiger charge is -2.05. The maximum Gasteiger partial charge on any atom is 0.269 e. The maximum absolute atomic E-state index is 10.8. The molecule has 0 aliphatic rings. The second kappa shape index (κ2) is 5.86. The molecule has 0 saturated carbocycles. The molecule has 2 N–H and O–H groups in total. The van der Waals surface area contributed by atoms with Gasteiger partial charge in [0.05, 0.1) is 16.3 Å². The lowest BCUT2D eigenvalue weighted by atomic mass is 10.1. The van der Waals surface area contributed by atoms with E-state index in [0.29, 0.717) is 13.0 Å². The van der Waals surface area contributed by atoms with Crippen LogP contribution in [0.5, 0.6) is 0 Å². The summed E-state index contributed by atoms with van der Waals surface area (Å²) < 4.78 is 2.90. The van der Waals surface area contributed by atoms with Crippen LogP contribution >= 0.6 is 15.9 Å². The van der Waals surface area contributed by atoms with Gasteiger partial charge in [-0.3, -0.25) is 14.5 Å². The number of rotatable bonds is 4. The van der Waals surface area contributed by atoms with Crippen molar-refractivity contribution in [2.75, 3.05) is 6.54 Å². The molecule has 0 bridgehead atoms. The zero-order valence-electron chi connectivity index (χ0n) is 11.6. The zero-order valence-corrected chi connectivity index (χ0v) is 13.2. The number of nitrogens with two attached hydrogens (primary N) is 1. The number of benzene rings is 1. The number of fused-ring (bicyclic) bond motifs is 1. The van der Waals surface area contributed by atoms with Gasteiger partial charge >= 0.3 is 0 Å². The van der Waals surface area contributed by atoms with Gasteiger partial charge < -0.3 is 5.73 Å². The highest BCUT2D eigenvalue weighted by molar-refractivity contribution is 9.10. The highest BCUT2D eigenvalue weighted by atomic mass is 79.9. The highest BCUT2D eigenvalue weighted by Gasteiger charge is 2.15. The van der Waals surface area contributed by atoms with Crippen LogP contribution in [-0.4, -0.2) is 20.9 Å². The monoisotopic (exact) mass is 360 g/mol. The smallest absolute Gasteiger partial charge is 0.269 e. The van der Waals surface area contributed by atoms with Crippen LogP contribution in [0.25, 0.3) is 16.9 Å². The summed E-state index contributed by atoms with van der Waals surface area (Å²) in [5, 5.41) is 10.8. The molecule has 0 aliphatic heterocycles. The van der Waals surface area contributed by atoms with Gasteiger partial charge in [-0.15, -0.1) is 0 Å². The van der Waals surface area contributed by atoms with Crippen molar-refractivity contribution >= 4 is 27.3 Å². The third-order valence-corrected chi connectivity index (χ3v) is 3.86. The number of aromatic nitrogens is 2. The minimum atomic E-state index is -0.407. The number of nitro groups is 1. The number of hydrogen-bond donors (Lipinski definition) is 1. The predicted molar refractivity (Wildman–Crippen MR) is 87.7 cm³/mol. The molecule has 0 fully saturated rings. The first-order valence-electron chi connectivity index (χ1n) is 6.71. The van der Waals surface area contributed by atoms with Crippen LogP contribution in [0.2, 0.25) is 0 Å². The summed E-state index contributed by atoms with van der Waals surface area (Å²) in [6, 6.07) is 10.3. The van der Waals surface area contributed by atoms with E-state index in [-0.39, 0.29) is 5.69 Å². The normalized spacial score (nSPS) is 11.0. The van der Waals surface area contributed by atoms with Crippen molar-refractivity contribution in [1.29, 1.82) is 0 Å². The molecule has 22 heavy (non-hydrogen) atoms. The number of pyridine rings is 1. The molecular formula is C15H13BrN4O2. The standard InChI is InChI=1S/C15H13BrN4O2/c16-11-3-6-14-18-13(7-8-17)15(19(14)9-11)10-1-4-12(5-2-10)20(21)22/h1-6,9H,7-8,17H2. The molecule has 6 nitrogen and oxygen atoms in total. The molecule has 2 aromatic heterocycles. The lowest BCUT2D eigenvalue weighted by Crippen LogP contribution is -2.04. The van der Waals surface area contributed by atoms with E-state index in [4.69, 9.17) is 5.73 Å². The third kappa shape index (κ3) is 2.60. The number of hydrogen-bond acceptors (Lipinski definition) is 4. The van der Waals surface area contributed by atoms with Crippen molar-refractivity contribution in [1.82, 2.24) is 9.38 Å². The summed E-state index contributed by atoms with van der Waals surface area (Å²) in [6.45, 7) is 0.491. The van der Waals surface area contributed by atoms with Gasteiger partial charge in [-0.05, 0) is 46.7 Å². The predicted octanol–water partition coefficient (Wildman–Crippen LogP) is 3.17. The first-order valence-corrected chi connectivity index (χ1v) is 7.51. The van der Waals surface area contributed by atoms with Gasteiger partial charge in [-0.25, -0.2) is 4.98 Å². The van der Waals surface area contributed by atoms with Crippen molar-refractivity contribution in [3.8, 4) is 11.3 Å². The highest BCUT2D eigenvalue weighted by Crippen LogP contribution is 2.28. The molecule has 2 heterocycles. The van der Waals surface area contributed by atoms with E-state index in [1.54, 1.807) is 12.1 Å². The van der Waals surface area contributed by atoms with Gasteiger partial charge in [0, 0.05) is 34.8 Å². The quantitative estimate of drug-likeness (QED) is 0.571. The fourth-order valence-electron chi connectivity index (χ4n) is 2.43. The van der Waals surface area contributed by atoms with Crippen LogP contribution in [0.1, 0.15) is 5.69 Å². The van der Waals surface area contributed by atoms with Gasteiger partial charge in [0.1, 0.15) is 5.65 Å². The number of non-ortho nitro benzene ring substituents is 1. The number of imidazole rings is 1. The Labute approximate surface area is 134 Å². The zero-order chi connectivity index (χ0) is 15.7. The maximum atomic E-state index is 10.8. The Balaban J connectivity index is 2.20. The molecule has 0 spiro atoms. The van der Waals surface area contributed by atoms with Gasteiger partial charge in [0.2, 0.25) is 0 Å². The van der Waals surface area contributed by atoms with Crippen LogP contribution in [0.15, 0.2) is 47.1 Å². The summed E-state index contributed by atoms with van der Waals surface area (Å²) in [5.74, 6) is 0. The Kier molecular flexibility index (Phi) is 3.91. The largest absolute Gasteiger partial charge is 0.330 e. The van der Waals surface area contributed by atoms with Crippen LogP contribution < -0.4 is 5.73 Å². The van der Waals surface area contributed by atoms with E-state index in [1.807, 2.05) is 22.7 Å². The van der Waals surface area contributed by atoms with Crippen molar-refractivity contribution in [2.45, 2.75) is 6.42 Å². The Bertz CT molecular complexity index is 843. The molecule has 1 aromatic carbocycles. The minimum absolute atomic E-state index is 0.0686. The first kappa shape index (κ1) is 14.7. The van der Waals surface area contributed by atoms with E-state index in [1.165, 1.54) is 12.1 Å². The fourth-order valence-corrected chi connectivity index (χ4v) is 2.76. The topological polar surface area (TPSA) is 86.5 Å².